The predicted molar refractivity (Wildman–Crippen MR) is 101 cm³/mol. The average molecular weight is 361 g/mol. The molecule has 144 valence electrons. The molecule has 2 aliphatic rings. The molecule has 0 spiro atoms. The van der Waals surface area contributed by atoms with Gasteiger partial charge in [0.25, 0.3) is 0 Å². The molecule has 2 heterocycles. The highest BCUT2D eigenvalue weighted by molar-refractivity contribution is 5.91. The van der Waals surface area contributed by atoms with Crippen LogP contribution in [0.25, 0.3) is 0 Å². The van der Waals surface area contributed by atoms with Gasteiger partial charge in [0.05, 0.1) is 12.2 Å². The van der Waals surface area contributed by atoms with Crippen LogP contribution in [0.2, 0.25) is 0 Å². The maximum absolute atomic E-state index is 12.4. The highest BCUT2D eigenvalue weighted by Crippen LogP contribution is 2.24. The highest BCUT2D eigenvalue weighted by Gasteiger charge is 2.26. The topological polar surface area (TPSA) is 79.3 Å². The summed E-state index contributed by atoms with van der Waals surface area (Å²) in [5, 5.41) is 10.4. The molecule has 0 unspecified atom stereocenters. The van der Waals surface area contributed by atoms with E-state index < -0.39 is 0 Å². The molecule has 2 N–H and O–H groups in total. The van der Waals surface area contributed by atoms with Crippen molar-refractivity contribution in [1.82, 2.24) is 20.0 Å². The molecule has 3 rings (SSSR count). The lowest BCUT2D eigenvalue weighted by Gasteiger charge is -2.33. The zero-order valence-electron chi connectivity index (χ0n) is 16.0. The number of amides is 2. The van der Waals surface area contributed by atoms with Crippen molar-refractivity contribution in [3.8, 4) is 0 Å². The number of hydrogen-bond donors (Lipinski definition) is 2. The van der Waals surface area contributed by atoms with E-state index in [1.807, 2.05) is 20.0 Å². The van der Waals surface area contributed by atoms with Crippen molar-refractivity contribution in [2.75, 3.05) is 25.0 Å². The van der Waals surface area contributed by atoms with E-state index >= 15 is 0 Å². The minimum Gasteiger partial charge on any atom is -0.353 e. The first kappa shape index (κ1) is 18.9. The van der Waals surface area contributed by atoms with Gasteiger partial charge in [-0.05, 0) is 32.6 Å². The molecular formula is C19H31N5O2. The van der Waals surface area contributed by atoms with Crippen molar-refractivity contribution < 1.29 is 9.59 Å². The Morgan fingerprint density at radius 2 is 1.85 bits per heavy atom. The third-order valence-electron chi connectivity index (χ3n) is 5.55. The molecule has 7 nitrogen and oxygen atoms in total. The highest BCUT2D eigenvalue weighted by atomic mass is 16.2. The molecule has 0 radical (unpaired) electrons. The fourth-order valence-electron chi connectivity index (χ4n) is 4.03. The second-order valence-corrected chi connectivity index (χ2v) is 7.74. The Bertz CT molecular complexity index is 628. The molecule has 26 heavy (non-hydrogen) atoms. The lowest BCUT2D eigenvalue weighted by Crippen LogP contribution is -2.48. The van der Waals surface area contributed by atoms with Crippen LogP contribution < -0.4 is 10.6 Å². The minimum absolute atomic E-state index is 0.0160. The second kappa shape index (κ2) is 8.66. The summed E-state index contributed by atoms with van der Waals surface area (Å²) < 4.78 is 1.68. The summed E-state index contributed by atoms with van der Waals surface area (Å²) in [7, 11) is 1.82. The summed E-state index contributed by atoms with van der Waals surface area (Å²) in [5.41, 5.74) is 0.886. The van der Waals surface area contributed by atoms with Gasteiger partial charge in [0.1, 0.15) is 5.82 Å². The van der Waals surface area contributed by atoms with Gasteiger partial charge < -0.3 is 10.6 Å². The summed E-state index contributed by atoms with van der Waals surface area (Å²) in [5.74, 6) is 1.17. The quantitative estimate of drug-likeness (QED) is 0.839. The molecule has 0 atom stereocenters. The van der Waals surface area contributed by atoms with Crippen LogP contribution in [0.5, 0.6) is 0 Å². The molecule has 2 fully saturated rings. The Morgan fingerprint density at radius 1 is 1.15 bits per heavy atom. The fourth-order valence-corrected chi connectivity index (χ4v) is 4.03. The van der Waals surface area contributed by atoms with Gasteiger partial charge in [-0.25, -0.2) is 0 Å². The van der Waals surface area contributed by atoms with Crippen LogP contribution in [0.4, 0.5) is 5.82 Å². The molecule has 1 aliphatic carbocycles. The number of carbonyl (C=O) groups excluding carboxylic acids is 2. The van der Waals surface area contributed by atoms with E-state index in [-0.39, 0.29) is 23.8 Å². The van der Waals surface area contributed by atoms with E-state index in [9.17, 15) is 9.59 Å². The maximum Gasteiger partial charge on any atom is 0.239 e. The van der Waals surface area contributed by atoms with Crippen LogP contribution in [0.1, 0.15) is 50.6 Å². The number of nitrogens with zero attached hydrogens (tertiary/aromatic N) is 3. The number of aromatic nitrogens is 2. The first-order valence-electron chi connectivity index (χ1n) is 9.84. The third kappa shape index (κ3) is 5.06. The lowest BCUT2D eigenvalue weighted by atomic mass is 9.88. The Hall–Kier alpha value is -1.89. The molecule has 7 heteroatoms. The Labute approximate surface area is 155 Å². The van der Waals surface area contributed by atoms with Gasteiger partial charge in [-0.3, -0.25) is 19.2 Å². The number of rotatable bonds is 5. The smallest absolute Gasteiger partial charge is 0.239 e. The molecule has 1 aromatic heterocycles. The molecule has 2 amide bonds. The number of hydrogen-bond acceptors (Lipinski definition) is 4. The van der Waals surface area contributed by atoms with E-state index in [2.05, 4.69) is 20.6 Å². The van der Waals surface area contributed by atoms with Gasteiger partial charge in [0, 0.05) is 38.2 Å². The van der Waals surface area contributed by atoms with E-state index in [0.29, 0.717) is 6.54 Å². The molecular weight excluding hydrogens is 330 g/mol. The van der Waals surface area contributed by atoms with Crippen LogP contribution in [-0.2, 0) is 16.6 Å². The van der Waals surface area contributed by atoms with Gasteiger partial charge in [0.15, 0.2) is 0 Å². The SMILES string of the molecule is Cc1cc(NC(=O)CN2CCC(NC(=O)C3CCCCC3)CC2)n(C)n1. The first-order chi connectivity index (χ1) is 12.5. The largest absolute Gasteiger partial charge is 0.353 e. The molecule has 1 aromatic rings. The Kier molecular flexibility index (Phi) is 6.29. The summed E-state index contributed by atoms with van der Waals surface area (Å²) in [6.07, 6.45) is 7.54. The van der Waals surface area contributed by atoms with Crippen molar-refractivity contribution in [3.63, 3.8) is 0 Å². The predicted octanol–water partition coefficient (Wildman–Crippen LogP) is 1.83. The van der Waals surface area contributed by atoms with Crippen molar-refractivity contribution in [2.24, 2.45) is 13.0 Å². The molecule has 1 saturated heterocycles. The van der Waals surface area contributed by atoms with Crippen LogP contribution in [0.3, 0.4) is 0 Å². The van der Waals surface area contributed by atoms with E-state index in [1.54, 1.807) is 4.68 Å². The second-order valence-electron chi connectivity index (χ2n) is 7.74. The summed E-state index contributed by atoms with van der Waals surface area (Å²) >= 11 is 0. The monoisotopic (exact) mass is 361 g/mol. The standard InChI is InChI=1S/C19H31N5O2/c1-14-12-17(23(2)22-14)21-18(25)13-24-10-8-16(9-11-24)20-19(26)15-6-4-3-5-7-15/h12,15-16H,3-11,13H2,1-2H3,(H,20,26)(H,21,25). The van der Waals surface area contributed by atoms with Crippen molar-refractivity contribution in [1.29, 1.82) is 0 Å². The molecule has 1 saturated carbocycles. The van der Waals surface area contributed by atoms with Crippen LogP contribution in [0.15, 0.2) is 6.07 Å². The normalized spacial score (nSPS) is 20.1. The maximum atomic E-state index is 12.4. The Morgan fingerprint density at radius 3 is 2.46 bits per heavy atom. The van der Waals surface area contributed by atoms with Gasteiger partial charge >= 0.3 is 0 Å². The zero-order valence-corrected chi connectivity index (χ0v) is 16.0. The number of carbonyl (C=O) groups is 2. The number of likely N-dealkylation sites (tertiary alicyclic amines) is 1. The van der Waals surface area contributed by atoms with Gasteiger partial charge in [0.2, 0.25) is 11.8 Å². The number of aryl methyl sites for hydroxylation is 2. The van der Waals surface area contributed by atoms with Crippen LogP contribution in [-0.4, -0.2) is 52.2 Å². The van der Waals surface area contributed by atoms with Gasteiger partial charge in [-0.15, -0.1) is 0 Å². The van der Waals surface area contributed by atoms with Gasteiger partial charge in [-0.2, -0.15) is 5.10 Å². The van der Waals surface area contributed by atoms with Crippen LogP contribution >= 0.6 is 0 Å². The minimum atomic E-state index is -0.0160. The third-order valence-corrected chi connectivity index (χ3v) is 5.55. The molecule has 1 aliphatic heterocycles. The van der Waals surface area contributed by atoms with Crippen molar-refractivity contribution in [2.45, 2.75) is 57.9 Å². The van der Waals surface area contributed by atoms with E-state index in [4.69, 9.17) is 0 Å². The number of piperidine rings is 1. The summed E-state index contributed by atoms with van der Waals surface area (Å²) in [6, 6.07) is 2.12. The average Bonchev–Trinajstić information content (AvgIpc) is 2.94. The van der Waals surface area contributed by atoms with Crippen molar-refractivity contribution in [3.05, 3.63) is 11.8 Å². The van der Waals surface area contributed by atoms with Crippen LogP contribution in [0, 0.1) is 12.8 Å². The number of nitrogens with one attached hydrogen (secondary N) is 2. The lowest BCUT2D eigenvalue weighted by molar-refractivity contribution is -0.127. The summed E-state index contributed by atoms with van der Waals surface area (Å²) in [4.78, 5) is 26.8. The van der Waals surface area contributed by atoms with Gasteiger partial charge in [-0.1, -0.05) is 19.3 Å². The zero-order chi connectivity index (χ0) is 18.5. The first-order valence-corrected chi connectivity index (χ1v) is 9.84. The fraction of sp³-hybridized carbons (Fsp3) is 0.737. The molecule has 0 aromatic carbocycles. The summed E-state index contributed by atoms with van der Waals surface area (Å²) in [6.45, 7) is 3.97. The molecule has 0 bridgehead atoms. The van der Waals surface area contributed by atoms with Crippen molar-refractivity contribution >= 4 is 17.6 Å². The van der Waals surface area contributed by atoms with E-state index in [1.165, 1.54) is 19.3 Å². The Balaban J connectivity index is 1.38. The number of anilines is 1. The van der Waals surface area contributed by atoms with E-state index in [0.717, 1.165) is 50.3 Å².